The van der Waals surface area contributed by atoms with Crippen LogP contribution in [0.2, 0.25) is 0 Å². The number of carbonyl (C=O) groups excluding carboxylic acids is 1. The highest BCUT2D eigenvalue weighted by Crippen LogP contribution is 2.49. The van der Waals surface area contributed by atoms with Gasteiger partial charge in [-0.05, 0) is 31.9 Å². The molecule has 1 aliphatic carbocycles. The van der Waals surface area contributed by atoms with Crippen LogP contribution >= 0.6 is 24.8 Å². The van der Waals surface area contributed by atoms with Gasteiger partial charge < -0.3 is 20.7 Å². The Morgan fingerprint density at radius 1 is 1.37 bits per heavy atom. The second-order valence-electron chi connectivity index (χ2n) is 7.97. The maximum atomic E-state index is 12.8. The lowest BCUT2D eigenvalue weighted by Gasteiger charge is -2.57. The van der Waals surface area contributed by atoms with Crippen molar-refractivity contribution >= 4 is 36.4 Å². The summed E-state index contributed by atoms with van der Waals surface area (Å²) in [5.41, 5.74) is 7.92. The van der Waals surface area contributed by atoms with E-state index in [4.69, 9.17) is 10.5 Å². The van der Waals surface area contributed by atoms with Gasteiger partial charge in [-0.2, -0.15) is 0 Å². The molecule has 1 saturated carbocycles. The van der Waals surface area contributed by atoms with Crippen molar-refractivity contribution in [1.82, 2.24) is 5.32 Å². The third-order valence-corrected chi connectivity index (χ3v) is 6.25. The number of halogens is 2. The molecule has 3 unspecified atom stereocenters. The van der Waals surface area contributed by atoms with E-state index in [2.05, 4.69) is 41.4 Å². The number of rotatable bonds is 6. The first-order valence-corrected chi connectivity index (χ1v) is 9.34. The normalized spacial score (nSPS) is 26.1. The molecule has 1 aromatic rings. The molecule has 0 radical (unpaired) electrons. The molecule has 3 atom stereocenters. The average Bonchev–Trinajstić information content (AvgIpc) is 3.03. The number of hydrogen-bond acceptors (Lipinski definition) is 4. The predicted octanol–water partition coefficient (Wildman–Crippen LogP) is 2.93. The molecule has 3 rings (SSSR count). The van der Waals surface area contributed by atoms with Crippen molar-refractivity contribution in [2.45, 2.75) is 58.2 Å². The fourth-order valence-electron chi connectivity index (χ4n) is 4.15. The molecule has 0 aromatic heterocycles. The van der Waals surface area contributed by atoms with Crippen LogP contribution < -0.4 is 16.0 Å². The molecule has 0 spiro atoms. The van der Waals surface area contributed by atoms with Gasteiger partial charge in [0.15, 0.2) is 0 Å². The van der Waals surface area contributed by atoms with E-state index in [1.165, 1.54) is 11.3 Å². The Kier molecular flexibility index (Phi) is 8.00. The van der Waals surface area contributed by atoms with E-state index in [0.29, 0.717) is 19.6 Å². The minimum absolute atomic E-state index is 0. The average molecular weight is 418 g/mol. The number of nitrogens with one attached hydrogen (secondary N) is 1. The molecule has 5 nitrogen and oxygen atoms in total. The van der Waals surface area contributed by atoms with Gasteiger partial charge in [0, 0.05) is 43.3 Å². The van der Waals surface area contributed by atoms with Crippen molar-refractivity contribution in [3.8, 4) is 0 Å². The van der Waals surface area contributed by atoms with Gasteiger partial charge in [-0.1, -0.05) is 32.0 Å². The van der Waals surface area contributed by atoms with Gasteiger partial charge in [0.05, 0.1) is 6.10 Å². The summed E-state index contributed by atoms with van der Waals surface area (Å²) in [6, 6.07) is 8.73. The van der Waals surface area contributed by atoms with Crippen molar-refractivity contribution in [3.05, 3.63) is 29.8 Å². The zero-order valence-corrected chi connectivity index (χ0v) is 18.3. The van der Waals surface area contributed by atoms with Gasteiger partial charge in [0.25, 0.3) is 0 Å². The fourth-order valence-corrected chi connectivity index (χ4v) is 4.15. The van der Waals surface area contributed by atoms with E-state index < -0.39 is 5.54 Å². The van der Waals surface area contributed by atoms with Crippen molar-refractivity contribution in [2.24, 2.45) is 11.1 Å². The number of nitrogens with zero attached hydrogens (tertiary/aromatic N) is 1. The van der Waals surface area contributed by atoms with Crippen LogP contribution in [-0.4, -0.2) is 43.3 Å². The highest BCUT2D eigenvalue weighted by atomic mass is 35.5. The third-order valence-electron chi connectivity index (χ3n) is 6.25. The Morgan fingerprint density at radius 3 is 2.67 bits per heavy atom. The highest BCUT2D eigenvalue weighted by molar-refractivity contribution is 5.89. The smallest absolute Gasteiger partial charge is 0.240 e. The van der Waals surface area contributed by atoms with E-state index in [0.717, 1.165) is 13.0 Å². The summed E-state index contributed by atoms with van der Waals surface area (Å²) in [6.07, 6.45) is 1.70. The lowest BCUT2D eigenvalue weighted by Crippen LogP contribution is -2.76. The first-order chi connectivity index (χ1) is 11.8. The molecular weight excluding hydrogens is 385 g/mol. The quantitative estimate of drug-likeness (QED) is 0.746. The summed E-state index contributed by atoms with van der Waals surface area (Å²) < 4.78 is 5.72. The lowest BCUT2D eigenvalue weighted by atomic mass is 9.54. The summed E-state index contributed by atoms with van der Waals surface area (Å²) in [5, 5.41) is 3.09. The van der Waals surface area contributed by atoms with E-state index >= 15 is 0 Å². The Morgan fingerprint density at radius 2 is 2.04 bits per heavy atom. The summed E-state index contributed by atoms with van der Waals surface area (Å²) in [4.78, 5) is 15.1. The molecule has 1 aromatic carbocycles. The van der Waals surface area contributed by atoms with E-state index in [1.54, 1.807) is 0 Å². The SMILES string of the molecule is CCOC1CC(N)(C(=O)NCC(C)N2CCc3ccccc32)C1(C)C.Cl.Cl. The Labute approximate surface area is 175 Å². The largest absolute Gasteiger partial charge is 0.378 e. The number of carbonyl (C=O) groups is 1. The van der Waals surface area contributed by atoms with Crippen LogP contribution in [-0.2, 0) is 16.0 Å². The standard InChI is InChI=1S/C20H31N3O2.2ClH/c1-5-25-17-12-20(21,19(17,3)4)18(24)22-13-14(2)23-11-10-15-8-6-7-9-16(15)23;;/h6-9,14,17H,5,10-13,21H2,1-4H3,(H,22,24);2*1H. The van der Waals surface area contributed by atoms with Crippen molar-refractivity contribution < 1.29 is 9.53 Å². The van der Waals surface area contributed by atoms with Gasteiger partial charge in [0.1, 0.15) is 5.54 Å². The second kappa shape index (κ2) is 8.99. The molecule has 2 aliphatic rings. The third kappa shape index (κ3) is 4.07. The van der Waals surface area contributed by atoms with Crippen LogP contribution in [0.1, 0.15) is 39.7 Å². The highest BCUT2D eigenvalue weighted by Gasteiger charge is 2.62. The van der Waals surface area contributed by atoms with Gasteiger partial charge >= 0.3 is 0 Å². The van der Waals surface area contributed by atoms with Gasteiger partial charge in [-0.25, -0.2) is 0 Å². The first-order valence-electron chi connectivity index (χ1n) is 9.34. The van der Waals surface area contributed by atoms with Gasteiger partial charge in [-0.15, -0.1) is 24.8 Å². The maximum Gasteiger partial charge on any atom is 0.240 e. The summed E-state index contributed by atoms with van der Waals surface area (Å²) in [6.45, 7) is 10.4. The van der Waals surface area contributed by atoms with Crippen molar-refractivity contribution in [3.63, 3.8) is 0 Å². The number of amides is 1. The second-order valence-corrected chi connectivity index (χ2v) is 7.97. The minimum Gasteiger partial charge on any atom is -0.378 e. The van der Waals surface area contributed by atoms with Crippen LogP contribution in [0, 0.1) is 5.41 Å². The number of benzene rings is 1. The molecule has 3 N–H and O–H groups in total. The summed E-state index contributed by atoms with van der Waals surface area (Å²) in [7, 11) is 0. The number of ether oxygens (including phenoxy) is 1. The molecule has 0 saturated heterocycles. The Bertz CT molecular complexity index is 656. The zero-order chi connectivity index (χ0) is 18.2. The van der Waals surface area contributed by atoms with Crippen molar-refractivity contribution in [1.29, 1.82) is 0 Å². The number of hydrogen-bond donors (Lipinski definition) is 2. The number of anilines is 1. The monoisotopic (exact) mass is 417 g/mol. The van der Waals surface area contributed by atoms with Crippen molar-refractivity contribution in [2.75, 3.05) is 24.6 Å². The summed E-state index contributed by atoms with van der Waals surface area (Å²) >= 11 is 0. The topological polar surface area (TPSA) is 67.6 Å². The van der Waals surface area contributed by atoms with Crippen LogP contribution in [0.4, 0.5) is 5.69 Å². The van der Waals surface area contributed by atoms with E-state index in [-0.39, 0.29) is 48.3 Å². The van der Waals surface area contributed by atoms with Gasteiger partial charge in [0.2, 0.25) is 5.91 Å². The predicted molar refractivity (Wildman–Crippen MR) is 115 cm³/mol. The zero-order valence-electron chi connectivity index (χ0n) is 16.7. The van der Waals surface area contributed by atoms with Crippen LogP contribution in [0.25, 0.3) is 0 Å². The van der Waals surface area contributed by atoms with Crippen LogP contribution in [0.15, 0.2) is 24.3 Å². The lowest BCUT2D eigenvalue weighted by molar-refractivity contribution is -0.170. The molecule has 1 amide bonds. The number of fused-ring (bicyclic) bond motifs is 1. The van der Waals surface area contributed by atoms with E-state index in [9.17, 15) is 4.79 Å². The summed E-state index contributed by atoms with van der Waals surface area (Å²) in [5.74, 6) is -0.0622. The molecule has 154 valence electrons. The fraction of sp³-hybridized carbons (Fsp3) is 0.650. The van der Waals surface area contributed by atoms with E-state index in [1.807, 2.05) is 20.8 Å². The van der Waals surface area contributed by atoms with Crippen LogP contribution in [0.5, 0.6) is 0 Å². The van der Waals surface area contributed by atoms with Gasteiger partial charge in [-0.3, -0.25) is 4.79 Å². The first kappa shape index (κ1) is 24.0. The maximum absolute atomic E-state index is 12.8. The van der Waals surface area contributed by atoms with Crippen LogP contribution in [0.3, 0.4) is 0 Å². The molecule has 1 aliphatic heterocycles. The minimum atomic E-state index is -0.852. The molecule has 7 heteroatoms. The molecule has 1 heterocycles. The molecule has 1 fully saturated rings. The molecule has 27 heavy (non-hydrogen) atoms. The number of nitrogens with two attached hydrogens (primary N) is 1. The molecular formula is C20H33Cl2N3O2. The Hall–Kier alpha value is -1.01. The Balaban J connectivity index is 0.00000182. The molecule has 0 bridgehead atoms. The number of para-hydroxylation sites is 1.